The lowest BCUT2D eigenvalue weighted by molar-refractivity contribution is -0.136. The van der Waals surface area contributed by atoms with Gasteiger partial charge in [-0.15, -0.1) is 12.4 Å². The second-order valence-corrected chi connectivity index (χ2v) is 5.49. The molecule has 0 bridgehead atoms. The summed E-state index contributed by atoms with van der Waals surface area (Å²) in [7, 11) is 0. The molecule has 144 valence electrons. The van der Waals surface area contributed by atoms with Crippen molar-refractivity contribution in [2.75, 3.05) is 11.9 Å². The largest absolute Gasteiger partial charge is 0.507 e. The van der Waals surface area contributed by atoms with Crippen LogP contribution in [0.3, 0.4) is 0 Å². The zero-order valence-corrected chi connectivity index (χ0v) is 15.0. The van der Waals surface area contributed by atoms with Gasteiger partial charge in [-0.05, 0) is 42.0 Å². The number of aromatic hydroxyl groups is 1. The second kappa shape index (κ2) is 10.0. The number of carbonyl (C=O) groups is 3. The number of anilines is 1. The molecule has 27 heavy (non-hydrogen) atoms. The van der Waals surface area contributed by atoms with Gasteiger partial charge in [0.25, 0.3) is 5.91 Å². The summed E-state index contributed by atoms with van der Waals surface area (Å²) in [4.78, 5) is 33.3. The number of carboxylic acid groups (broad SMARTS) is 2. The highest BCUT2D eigenvalue weighted by atomic mass is 35.5. The van der Waals surface area contributed by atoms with Crippen molar-refractivity contribution in [2.45, 2.75) is 13.0 Å². The van der Waals surface area contributed by atoms with Gasteiger partial charge in [0, 0.05) is 24.3 Å². The zero-order chi connectivity index (χ0) is 19.1. The normalized spacial score (nSPS) is 9.78. The fraction of sp³-hybridized carbons (Fsp3) is 0.167. The van der Waals surface area contributed by atoms with Gasteiger partial charge >= 0.3 is 11.9 Å². The Hall–Kier alpha value is -3.26. The van der Waals surface area contributed by atoms with Gasteiger partial charge in [-0.3, -0.25) is 9.59 Å². The van der Waals surface area contributed by atoms with Crippen LogP contribution in [0.5, 0.6) is 5.75 Å². The molecule has 8 nitrogen and oxygen atoms in total. The number of nitrogens with one attached hydrogen (secondary N) is 2. The highest BCUT2D eigenvalue weighted by molar-refractivity contribution is 5.94. The minimum Gasteiger partial charge on any atom is -0.507 e. The first-order chi connectivity index (χ1) is 12.4. The molecule has 1 amide bonds. The average molecular weight is 395 g/mol. The van der Waals surface area contributed by atoms with Crippen LogP contribution in [-0.2, 0) is 11.3 Å². The third-order valence-electron chi connectivity index (χ3n) is 3.56. The van der Waals surface area contributed by atoms with Crippen LogP contribution in [0.4, 0.5) is 5.69 Å². The Morgan fingerprint density at radius 3 is 2.22 bits per heavy atom. The molecule has 9 heteroatoms. The van der Waals surface area contributed by atoms with Gasteiger partial charge in [0.05, 0.1) is 6.42 Å². The number of rotatable bonds is 8. The number of hydrogen-bond donors (Lipinski definition) is 5. The summed E-state index contributed by atoms with van der Waals surface area (Å²) in [6.45, 7) is 0.394. The Kier molecular flexibility index (Phi) is 8.09. The number of hydrogen-bond acceptors (Lipinski definition) is 5. The third kappa shape index (κ3) is 6.52. The van der Waals surface area contributed by atoms with Crippen molar-refractivity contribution in [3.63, 3.8) is 0 Å². The number of halogens is 1. The Morgan fingerprint density at radius 1 is 0.963 bits per heavy atom. The number of phenols is 1. The minimum absolute atomic E-state index is 0. The summed E-state index contributed by atoms with van der Waals surface area (Å²) in [6, 6.07) is 10.9. The van der Waals surface area contributed by atoms with Gasteiger partial charge in [-0.1, -0.05) is 6.07 Å². The lowest BCUT2D eigenvalue weighted by Gasteiger charge is -2.09. The van der Waals surface area contributed by atoms with E-state index in [0.717, 1.165) is 5.69 Å². The minimum atomic E-state index is -1.21. The Balaban J connectivity index is 0.00000364. The van der Waals surface area contributed by atoms with Crippen molar-refractivity contribution in [3.8, 4) is 5.75 Å². The molecule has 0 fully saturated rings. The van der Waals surface area contributed by atoms with Crippen molar-refractivity contribution in [1.29, 1.82) is 0 Å². The van der Waals surface area contributed by atoms with Gasteiger partial charge < -0.3 is 26.0 Å². The number of carbonyl (C=O) groups excluding carboxylic acids is 1. The molecule has 0 unspecified atom stereocenters. The van der Waals surface area contributed by atoms with Crippen molar-refractivity contribution in [2.24, 2.45) is 0 Å². The molecule has 0 aromatic heterocycles. The standard InChI is InChI=1S/C18H18N2O6.ClH/c21-15-6-1-11(9-14(15)18(25)26)10-20-13-4-2-12(3-5-13)17(24)19-8-7-16(22)23;/h1-6,9,20-21H,7-8,10H2,(H,19,24)(H,22,23)(H,25,26);1H. The first-order valence-electron chi connectivity index (χ1n) is 7.76. The van der Waals surface area contributed by atoms with Gasteiger partial charge in [0.1, 0.15) is 11.3 Å². The fourth-order valence-corrected chi connectivity index (χ4v) is 2.19. The number of amides is 1. The van der Waals surface area contributed by atoms with Crippen LogP contribution in [0.2, 0.25) is 0 Å². The SMILES string of the molecule is Cl.O=C(O)CCNC(=O)c1ccc(NCc2ccc(O)c(C(=O)O)c2)cc1. The number of aromatic carboxylic acids is 1. The van der Waals surface area contributed by atoms with E-state index in [1.165, 1.54) is 12.1 Å². The van der Waals surface area contributed by atoms with Gasteiger partial charge in [0.2, 0.25) is 0 Å². The average Bonchev–Trinajstić information content (AvgIpc) is 2.60. The highest BCUT2D eigenvalue weighted by Crippen LogP contribution is 2.19. The van der Waals surface area contributed by atoms with E-state index in [1.54, 1.807) is 30.3 Å². The monoisotopic (exact) mass is 394 g/mol. The molecule has 2 aromatic carbocycles. The second-order valence-electron chi connectivity index (χ2n) is 5.49. The number of carboxylic acids is 2. The van der Waals surface area contributed by atoms with Crippen LogP contribution in [0.15, 0.2) is 42.5 Å². The fourth-order valence-electron chi connectivity index (χ4n) is 2.19. The molecule has 0 saturated heterocycles. The summed E-state index contributed by atoms with van der Waals surface area (Å²) in [5, 5.41) is 32.6. The summed E-state index contributed by atoms with van der Waals surface area (Å²) < 4.78 is 0. The number of benzene rings is 2. The summed E-state index contributed by atoms with van der Waals surface area (Å²) in [6.07, 6.45) is -0.143. The van der Waals surface area contributed by atoms with E-state index >= 15 is 0 Å². The van der Waals surface area contributed by atoms with Crippen LogP contribution in [0.1, 0.15) is 32.7 Å². The molecule has 0 atom stereocenters. The molecular weight excluding hydrogens is 376 g/mol. The van der Waals surface area contributed by atoms with E-state index in [2.05, 4.69) is 10.6 Å². The van der Waals surface area contributed by atoms with Crippen molar-refractivity contribution in [3.05, 3.63) is 59.2 Å². The maximum atomic E-state index is 11.8. The molecule has 0 aliphatic heterocycles. The first-order valence-corrected chi connectivity index (χ1v) is 7.76. The Morgan fingerprint density at radius 2 is 1.63 bits per heavy atom. The van der Waals surface area contributed by atoms with E-state index in [9.17, 15) is 19.5 Å². The lowest BCUT2D eigenvalue weighted by atomic mass is 10.1. The summed E-state index contributed by atoms with van der Waals surface area (Å²) in [5.41, 5.74) is 1.63. The van der Waals surface area contributed by atoms with Crippen LogP contribution in [0, 0.1) is 0 Å². The van der Waals surface area contributed by atoms with Crippen molar-refractivity contribution < 1.29 is 29.7 Å². The van der Waals surface area contributed by atoms with Gasteiger partial charge in [0.15, 0.2) is 0 Å². The van der Waals surface area contributed by atoms with E-state index < -0.39 is 11.9 Å². The molecule has 0 saturated carbocycles. The van der Waals surface area contributed by atoms with E-state index in [-0.39, 0.29) is 42.6 Å². The van der Waals surface area contributed by atoms with Crippen LogP contribution in [0.25, 0.3) is 0 Å². The first kappa shape index (κ1) is 21.8. The summed E-state index contributed by atoms with van der Waals surface area (Å²) >= 11 is 0. The van der Waals surface area contributed by atoms with E-state index in [0.29, 0.717) is 17.7 Å². The smallest absolute Gasteiger partial charge is 0.339 e. The Labute approximate surface area is 161 Å². The third-order valence-corrected chi connectivity index (χ3v) is 3.56. The predicted octanol–water partition coefficient (Wildman–Crippen LogP) is 2.33. The molecule has 0 heterocycles. The van der Waals surface area contributed by atoms with Crippen molar-refractivity contribution in [1.82, 2.24) is 5.32 Å². The maximum absolute atomic E-state index is 11.8. The molecule has 5 N–H and O–H groups in total. The Bertz CT molecular complexity index is 823. The molecule has 2 rings (SSSR count). The molecule has 0 aliphatic carbocycles. The van der Waals surface area contributed by atoms with Crippen LogP contribution >= 0.6 is 12.4 Å². The molecule has 2 aromatic rings. The van der Waals surface area contributed by atoms with E-state index in [1.807, 2.05) is 0 Å². The number of aliphatic carboxylic acids is 1. The van der Waals surface area contributed by atoms with Crippen LogP contribution in [-0.4, -0.2) is 39.7 Å². The lowest BCUT2D eigenvalue weighted by Crippen LogP contribution is -2.25. The molecular formula is C18H19ClN2O6. The zero-order valence-electron chi connectivity index (χ0n) is 14.1. The molecule has 0 spiro atoms. The van der Waals surface area contributed by atoms with Crippen LogP contribution < -0.4 is 10.6 Å². The molecule has 0 radical (unpaired) electrons. The van der Waals surface area contributed by atoms with Crippen molar-refractivity contribution >= 4 is 35.9 Å². The predicted molar refractivity (Wildman–Crippen MR) is 101 cm³/mol. The van der Waals surface area contributed by atoms with Gasteiger partial charge in [-0.25, -0.2) is 4.79 Å². The van der Waals surface area contributed by atoms with E-state index in [4.69, 9.17) is 10.2 Å². The molecule has 0 aliphatic rings. The van der Waals surface area contributed by atoms with Gasteiger partial charge in [-0.2, -0.15) is 0 Å². The topological polar surface area (TPSA) is 136 Å². The highest BCUT2D eigenvalue weighted by Gasteiger charge is 2.10. The maximum Gasteiger partial charge on any atom is 0.339 e. The quantitative estimate of drug-likeness (QED) is 0.463. The summed E-state index contributed by atoms with van der Waals surface area (Å²) in [5.74, 6) is -2.84.